The molecule has 1 N–H and O–H groups in total. The highest BCUT2D eigenvalue weighted by Crippen LogP contribution is 2.41. The predicted molar refractivity (Wildman–Crippen MR) is 111 cm³/mol. The molecular weight excluding hydrogens is 372 g/mol. The number of hydrogen-bond acceptors (Lipinski definition) is 4. The summed E-state index contributed by atoms with van der Waals surface area (Å²) >= 11 is 5.66. The minimum atomic E-state index is -0.228. The molecule has 148 valence electrons. The Hall–Kier alpha value is -2.41. The third kappa shape index (κ3) is 3.63. The van der Waals surface area contributed by atoms with E-state index in [4.69, 9.17) is 17.0 Å². The molecule has 1 saturated heterocycles. The van der Waals surface area contributed by atoms with Crippen LogP contribution in [0.15, 0.2) is 42.7 Å². The topological polar surface area (TPSA) is 59.4 Å². The second-order valence-electron chi connectivity index (χ2n) is 7.42. The van der Waals surface area contributed by atoms with Gasteiger partial charge in [0.25, 0.3) is 0 Å². The molecule has 3 heterocycles. The third-order valence-electron chi connectivity index (χ3n) is 5.82. The molecular formula is C21H26N4O2S. The van der Waals surface area contributed by atoms with Crippen molar-refractivity contribution in [1.82, 2.24) is 19.8 Å². The van der Waals surface area contributed by atoms with E-state index in [0.29, 0.717) is 24.1 Å². The number of nitrogens with zero attached hydrogens (tertiary/aromatic N) is 3. The van der Waals surface area contributed by atoms with Crippen molar-refractivity contribution in [3.8, 4) is 0 Å². The fraction of sp³-hybridized carbons (Fsp3) is 0.476. The number of rotatable bonds is 6. The smallest absolute Gasteiger partial charge is 0.307 e. The molecule has 0 bridgehead atoms. The molecule has 0 unspecified atom stereocenters. The highest BCUT2D eigenvalue weighted by Gasteiger charge is 2.41. The van der Waals surface area contributed by atoms with Gasteiger partial charge in [0.1, 0.15) is 0 Å². The first-order valence-electron chi connectivity index (χ1n) is 9.90. The number of methoxy groups -OCH3 is 1. The largest absolute Gasteiger partial charge is 0.469 e. The van der Waals surface area contributed by atoms with Crippen LogP contribution in [0.3, 0.4) is 0 Å². The van der Waals surface area contributed by atoms with Crippen molar-refractivity contribution in [2.24, 2.45) is 0 Å². The van der Waals surface area contributed by atoms with Gasteiger partial charge in [-0.1, -0.05) is 18.9 Å². The number of pyridine rings is 1. The van der Waals surface area contributed by atoms with E-state index in [1.807, 2.05) is 24.4 Å². The average molecular weight is 399 g/mol. The van der Waals surface area contributed by atoms with E-state index in [1.165, 1.54) is 38.5 Å². The van der Waals surface area contributed by atoms with E-state index in [9.17, 15) is 4.79 Å². The van der Waals surface area contributed by atoms with Gasteiger partial charge in [0.15, 0.2) is 5.11 Å². The fourth-order valence-electron chi connectivity index (χ4n) is 4.45. The number of nitrogens with one attached hydrogen (secondary N) is 1. The van der Waals surface area contributed by atoms with E-state index >= 15 is 0 Å². The molecule has 2 aromatic heterocycles. The lowest BCUT2D eigenvalue weighted by Gasteiger charge is -2.30. The standard InChI is InChI=1S/C21H26N4O2S/c1-27-18(26)11-14-25-20(17-10-6-13-24(17)15-7-2-3-8-15)19(23-21(25)28)16-9-4-5-12-22-16/h4-6,9-10,12-13,15,19-20H,2-3,7-8,11,14H2,1H3,(H,23,28)/t19-,20+/m1/s1. The Morgan fingerprint density at radius 3 is 2.82 bits per heavy atom. The van der Waals surface area contributed by atoms with Crippen LogP contribution in [0.25, 0.3) is 0 Å². The Morgan fingerprint density at radius 1 is 1.29 bits per heavy atom. The number of carbonyl (C=O) groups is 1. The van der Waals surface area contributed by atoms with Crippen LogP contribution < -0.4 is 5.32 Å². The van der Waals surface area contributed by atoms with Crippen LogP contribution in [0.5, 0.6) is 0 Å². The van der Waals surface area contributed by atoms with Crippen LogP contribution in [-0.2, 0) is 9.53 Å². The molecule has 28 heavy (non-hydrogen) atoms. The van der Waals surface area contributed by atoms with Gasteiger partial charge in [0, 0.05) is 30.7 Å². The second-order valence-corrected chi connectivity index (χ2v) is 7.81. The van der Waals surface area contributed by atoms with Crippen LogP contribution in [0, 0.1) is 0 Å². The van der Waals surface area contributed by atoms with Gasteiger partial charge < -0.3 is 19.5 Å². The second kappa shape index (κ2) is 8.31. The van der Waals surface area contributed by atoms with Crippen LogP contribution >= 0.6 is 12.2 Å². The molecule has 1 aliphatic heterocycles. The van der Waals surface area contributed by atoms with E-state index in [2.05, 4.69) is 38.1 Å². The zero-order chi connectivity index (χ0) is 19.5. The molecule has 2 fully saturated rings. The van der Waals surface area contributed by atoms with Gasteiger partial charge in [-0.05, 0) is 49.3 Å². The molecule has 0 amide bonds. The quantitative estimate of drug-likeness (QED) is 0.593. The first-order chi connectivity index (χ1) is 13.7. The fourth-order valence-corrected chi connectivity index (χ4v) is 4.79. The van der Waals surface area contributed by atoms with Crippen molar-refractivity contribution in [3.63, 3.8) is 0 Å². The van der Waals surface area contributed by atoms with Gasteiger partial charge in [-0.15, -0.1) is 0 Å². The Kier molecular flexibility index (Phi) is 5.62. The van der Waals surface area contributed by atoms with Crippen molar-refractivity contribution < 1.29 is 9.53 Å². The summed E-state index contributed by atoms with van der Waals surface area (Å²) in [6.45, 7) is 0.516. The summed E-state index contributed by atoms with van der Waals surface area (Å²) in [4.78, 5) is 18.5. The van der Waals surface area contributed by atoms with Gasteiger partial charge >= 0.3 is 5.97 Å². The number of carbonyl (C=O) groups excluding carboxylic acids is 1. The van der Waals surface area contributed by atoms with Crippen LogP contribution in [0.4, 0.5) is 0 Å². The summed E-state index contributed by atoms with van der Waals surface area (Å²) in [6.07, 6.45) is 9.27. The molecule has 2 atom stereocenters. The van der Waals surface area contributed by atoms with Crippen LogP contribution in [0.2, 0.25) is 0 Å². The predicted octanol–water partition coefficient (Wildman–Crippen LogP) is 3.53. The maximum atomic E-state index is 11.8. The Balaban J connectivity index is 1.70. The summed E-state index contributed by atoms with van der Waals surface area (Å²) in [5.41, 5.74) is 2.18. The molecule has 7 heteroatoms. The first-order valence-corrected chi connectivity index (χ1v) is 10.3. The van der Waals surface area contributed by atoms with E-state index in [1.54, 1.807) is 0 Å². The highest BCUT2D eigenvalue weighted by molar-refractivity contribution is 7.80. The van der Waals surface area contributed by atoms with Gasteiger partial charge in [0.05, 0.1) is 31.3 Å². The summed E-state index contributed by atoms with van der Waals surface area (Å²) < 4.78 is 7.25. The lowest BCUT2D eigenvalue weighted by molar-refractivity contribution is -0.140. The van der Waals surface area contributed by atoms with Gasteiger partial charge in [0.2, 0.25) is 0 Å². The first kappa shape index (κ1) is 18.9. The molecule has 0 radical (unpaired) electrons. The summed E-state index contributed by atoms with van der Waals surface area (Å²) in [5, 5.41) is 4.10. The number of thiocarbonyl (C=S) groups is 1. The number of hydrogen-bond donors (Lipinski definition) is 1. The summed E-state index contributed by atoms with van der Waals surface area (Å²) in [6, 6.07) is 10.7. The van der Waals surface area contributed by atoms with E-state index < -0.39 is 0 Å². The monoisotopic (exact) mass is 398 g/mol. The van der Waals surface area contributed by atoms with E-state index in [0.717, 1.165) is 5.69 Å². The lowest BCUT2D eigenvalue weighted by atomic mass is 10.0. The maximum Gasteiger partial charge on any atom is 0.307 e. The average Bonchev–Trinajstić information content (AvgIpc) is 3.46. The molecule has 2 aromatic rings. The number of aromatic nitrogens is 2. The number of esters is 1. The summed E-state index contributed by atoms with van der Waals surface area (Å²) in [7, 11) is 1.42. The molecule has 1 aliphatic carbocycles. The third-order valence-corrected chi connectivity index (χ3v) is 6.17. The minimum absolute atomic E-state index is 0.0114. The Morgan fingerprint density at radius 2 is 2.11 bits per heavy atom. The van der Waals surface area contributed by atoms with Gasteiger partial charge in [-0.25, -0.2) is 0 Å². The highest BCUT2D eigenvalue weighted by atomic mass is 32.1. The number of ether oxygens (including phenoxy) is 1. The molecule has 2 aliphatic rings. The van der Waals surface area contributed by atoms with Crippen molar-refractivity contribution >= 4 is 23.3 Å². The molecule has 0 aromatic carbocycles. The summed E-state index contributed by atoms with van der Waals surface area (Å²) in [5.74, 6) is -0.228. The lowest BCUT2D eigenvalue weighted by Crippen LogP contribution is -2.33. The maximum absolute atomic E-state index is 11.8. The van der Waals surface area contributed by atoms with Crippen LogP contribution in [-0.4, -0.2) is 39.2 Å². The van der Waals surface area contributed by atoms with Crippen LogP contribution in [0.1, 0.15) is 61.6 Å². The molecule has 4 rings (SSSR count). The molecule has 0 spiro atoms. The molecule has 1 saturated carbocycles. The zero-order valence-electron chi connectivity index (χ0n) is 16.1. The van der Waals surface area contributed by atoms with Crippen molar-refractivity contribution in [2.45, 2.75) is 50.2 Å². The Bertz CT molecular complexity index is 832. The Labute approximate surface area is 170 Å². The van der Waals surface area contributed by atoms with E-state index in [-0.39, 0.29) is 18.1 Å². The molecule has 6 nitrogen and oxygen atoms in total. The normalized spacial score (nSPS) is 22.5. The minimum Gasteiger partial charge on any atom is -0.469 e. The van der Waals surface area contributed by atoms with Gasteiger partial charge in [-0.2, -0.15) is 0 Å². The SMILES string of the molecule is COC(=O)CCN1C(=S)N[C@H](c2ccccn2)[C@@H]1c1cccn1C1CCCC1. The van der Waals surface area contributed by atoms with Gasteiger partial charge in [-0.3, -0.25) is 9.78 Å². The van der Waals surface area contributed by atoms with Crippen molar-refractivity contribution in [2.75, 3.05) is 13.7 Å². The van der Waals surface area contributed by atoms with Crippen molar-refractivity contribution in [1.29, 1.82) is 0 Å². The zero-order valence-corrected chi connectivity index (χ0v) is 16.9. The van der Waals surface area contributed by atoms with Crippen molar-refractivity contribution in [3.05, 3.63) is 54.1 Å².